The highest BCUT2D eigenvalue weighted by Gasteiger charge is 2.31. The number of nitrogens with one attached hydrogen (secondary N) is 1. The Morgan fingerprint density at radius 2 is 1.66 bits per heavy atom. The third-order valence-electron chi connectivity index (χ3n) is 7.04. The van der Waals surface area contributed by atoms with Crippen LogP contribution in [0, 0.1) is 0 Å². The van der Waals surface area contributed by atoms with Gasteiger partial charge in [-0.2, -0.15) is 0 Å². The Kier molecular flexibility index (Phi) is 5.62. The van der Waals surface area contributed by atoms with Crippen LogP contribution in [0.2, 0.25) is 0 Å². The summed E-state index contributed by atoms with van der Waals surface area (Å²) in [6, 6.07) is 25.9. The monoisotopic (exact) mass is 475 g/mol. The van der Waals surface area contributed by atoms with Crippen molar-refractivity contribution in [3.05, 3.63) is 113 Å². The van der Waals surface area contributed by atoms with Crippen LogP contribution in [0.15, 0.2) is 96.6 Å². The molecule has 2 aliphatic rings. The summed E-state index contributed by atoms with van der Waals surface area (Å²) in [4.78, 5) is 10.8. The van der Waals surface area contributed by atoms with Crippen LogP contribution >= 0.6 is 11.8 Å². The van der Waals surface area contributed by atoms with E-state index < -0.39 is 0 Å². The van der Waals surface area contributed by atoms with Crippen molar-refractivity contribution in [1.82, 2.24) is 9.97 Å². The topological polar surface area (TPSA) is 31.9 Å². The molecule has 4 heteroatoms. The molecular weight excluding hydrogens is 446 g/mol. The van der Waals surface area contributed by atoms with Gasteiger partial charge < -0.3 is 9.88 Å². The first-order chi connectivity index (χ1) is 17.2. The van der Waals surface area contributed by atoms with E-state index in [9.17, 15) is 0 Å². The molecule has 0 saturated carbocycles. The maximum Gasteiger partial charge on any atom is 0.208 e. The number of para-hydroxylation sites is 3. The van der Waals surface area contributed by atoms with E-state index >= 15 is 0 Å². The average Bonchev–Trinajstić information content (AvgIpc) is 3.55. The van der Waals surface area contributed by atoms with Gasteiger partial charge in [-0.15, -0.1) is 11.8 Å². The third-order valence-corrected chi connectivity index (χ3v) is 8.35. The molecule has 0 amide bonds. The Morgan fingerprint density at radius 3 is 2.49 bits per heavy atom. The molecule has 3 aromatic carbocycles. The number of thioether (sulfide) groups is 1. The highest BCUT2D eigenvalue weighted by molar-refractivity contribution is 8.01. The van der Waals surface area contributed by atoms with Crippen LogP contribution in [-0.2, 0) is 0 Å². The Balaban J connectivity index is 1.61. The van der Waals surface area contributed by atoms with Gasteiger partial charge in [0, 0.05) is 16.1 Å². The molecule has 1 fully saturated rings. The van der Waals surface area contributed by atoms with Gasteiger partial charge in [0.05, 0.1) is 23.3 Å². The number of anilines is 2. The summed E-state index contributed by atoms with van der Waals surface area (Å²) in [5.74, 6) is 0.894. The van der Waals surface area contributed by atoms with Crippen molar-refractivity contribution in [3.8, 4) is 0 Å². The maximum atomic E-state index is 4.92. The lowest BCUT2D eigenvalue weighted by molar-refractivity contribution is 1.07. The van der Waals surface area contributed by atoms with Crippen molar-refractivity contribution in [1.29, 1.82) is 0 Å². The molecule has 2 aliphatic heterocycles. The Morgan fingerprint density at radius 1 is 0.914 bits per heavy atom. The molecule has 3 nitrogen and oxygen atoms in total. The molecule has 1 saturated heterocycles. The Labute approximate surface area is 210 Å². The van der Waals surface area contributed by atoms with Gasteiger partial charge in [-0.05, 0) is 66.1 Å². The molecule has 0 bridgehead atoms. The van der Waals surface area contributed by atoms with Crippen LogP contribution in [0.1, 0.15) is 26.3 Å². The lowest BCUT2D eigenvalue weighted by Crippen LogP contribution is -2.32. The van der Waals surface area contributed by atoms with Crippen molar-refractivity contribution in [2.24, 2.45) is 0 Å². The molecule has 2 unspecified atom stereocenters. The number of benzene rings is 3. The molecular formula is C31H29N3S. The number of hydrogen-bond donors (Lipinski definition) is 1. The minimum atomic E-state index is 0.450. The standard InChI is InChI=1S/C31H29N3S/c1-4-5-12-22-20(2)35-21(3)30(22)25-15-7-6-13-23(25)26-19-34(29-18-11-8-14-24(26)29)31-32-27-16-9-10-17-28(27)33-31/h4-18,20-21H,19H2,1-3H3,(H,32,33)/b5-4-,22-12+,26-23+,30-25+. The first-order valence-electron chi connectivity index (χ1n) is 12.3. The van der Waals surface area contributed by atoms with Gasteiger partial charge in [0.2, 0.25) is 5.95 Å². The SMILES string of the molecule is C\C=C/C=C1/C(=c2\cccc\c2=C2\CN(c3nc4ccccc4[nH]3)c3ccccc32)C(C)SC1C. The molecule has 0 spiro atoms. The minimum absolute atomic E-state index is 0.450. The second kappa shape index (κ2) is 8.94. The fourth-order valence-corrected chi connectivity index (χ4v) is 6.82. The predicted octanol–water partition coefficient (Wildman–Crippen LogP) is 6.09. The van der Waals surface area contributed by atoms with Gasteiger partial charge in [0.25, 0.3) is 0 Å². The van der Waals surface area contributed by atoms with Crippen LogP contribution in [0.3, 0.4) is 0 Å². The molecule has 4 aromatic rings. The lowest BCUT2D eigenvalue weighted by atomic mass is 9.95. The van der Waals surface area contributed by atoms with Gasteiger partial charge in [0.1, 0.15) is 0 Å². The molecule has 0 radical (unpaired) electrons. The zero-order chi connectivity index (χ0) is 23.9. The number of hydrogen-bond acceptors (Lipinski definition) is 3. The van der Waals surface area contributed by atoms with Crippen LogP contribution in [0.25, 0.3) is 22.2 Å². The van der Waals surface area contributed by atoms with E-state index in [1.165, 1.54) is 38.4 Å². The summed E-state index contributed by atoms with van der Waals surface area (Å²) in [6.45, 7) is 7.54. The molecule has 35 heavy (non-hydrogen) atoms. The number of nitrogens with zero attached hydrogens (tertiary/aromatic N) is 2. The van der Waals surface area contributed by atoms with Gasteiger partial charge in [-0.1, -0.05) is 72.8 Å². The van der Waals surface area contributed by atoms with Crippen LogP contribution in [0.4, 0.5) is 11.6 Å². The van der Waals surface area contributed by atoms with E-state index in [1.807, 2.05) is 23.9 Å². The predicted molar refractivity (Wildman–Crippen MR) is 151 cm³/mol. The second-order valence-corrected chi connectivity index (χ2v) is 10.9. The first-order valence-corrected chi connectivity index (χ1v) is 13.2. The third kappa shape index (κ3) is 3.73. The zero-order valence-corrected chi connectivity index (χ0v) is 21.1. The minimum Gasteiger partial charge on any atom is -0.324 e. The fraction of sp³-hybridized carbons (Fsp3) is 0.194. The molecule has 1 aromatic heterocycles. The number of rotatable bonds is 2. The van der Waals surface area contributed by atoms with E-state index in [2.05, 4.69) is 110 Å². The van der Waals surface area contributed by atoms with Crippen molar-refractivity contribution in [2.45, 2.75) is 31.3 Å². The molecule has 2 atom stereocenters. The second-order valence-electron chi connectivity index (χ2n) is 9.19. The van der Waals surface area contributed by atoms with Gasteiger partial charge in [-0.3, -0.25) is 0 Å². The summed E-state index contributed by atoms with van der Waals surface area (Å²) in [7, 11) is 0. The first kappa shape index (κ1) is 22.0. The van der Waals surface area contributed by atoms with Crippen molar-refractivity contribution in [3.63, 3.8) is 0 Å². The van der Waals surface area contributed by atoms with E-state index in [0.29, 0.717) is 10.5 Å². The summed E-state index contributed by atoms with van der Waals surface area (Å²) in [5.41, 5.74) is 8.80. The van der Waals surface area contributed by atoms with Gasteiger partial charge in [0.15, 0.2) is 0 Å². The van der Waals surface area contributed by atoms with Gasteiger partial charge >= 0.3 is 0 Å². The van der Waals surface area contributed by atoms with Crippen LogP contribution in [-0.4, -0.2) is 27.0 Å². The van der Waals surface area contributed by atoms with Crippen LogP contribution < -0.4 is 15.3 Å². The van der Waals surface area contributed by atoms with Crippen molar-refractivity contribution < 1.29 is 0 Å². The molecule has 0 aliphatic carbocycles. The molecule has 1 N–H and O–H groups in total. The number of aromatic nitrogens is 2. The Hall–Kier alpha value is -3.50. The Bertz CT molecular complexity index is 1570. The normalized spacial score (nSPS) is 24.2. The summed E-state index contributed by atoms with van der Waals surface area (Å²) < 4.78 is 0. The van der Waals surface area contributed by atoms with Crippen molar-refractivity contribution in [2.75, 3.05) is 11.4 Å². The van der Waals surface area contributed by atoms with E-state index in [4.69, 9.17) is 4.98 Å². The largest absolute Gasteiger partial charge is 0.324 e. The van der Waals surface area contributed by atoms with E-state index in [1.54, 1.807) is 0 Å². The lowest BCUT2D eigenvalue weighted by Gasteiger charge is -2.15. The summed E-state index contributed by atoms with van der Waals surface area (Å²) >= 11 is 2.04. The quantitative estimate of drug-likeness (QED) is 0.381. The summed E-state index contributed by atoms with van der Waals surface area (Å²) in [5, 5.41) is 3.61. The number of H-pyrrole nitrogens is 1. The highest BCUT2D eigenvalue weighted by atomic mass is 32.2. The van der Waals surface area contributed by atoms with Crippen LogP contribution in [0.5, 0.6) is 0 Å². The smallest absolute Gasteiger partial charge is 0.208 e. The zero-order valence-electron chi connectivity index (χ0n) is 20.3. The number of imidazole rings is 1. The average molecular weight is 476 g/mol. The fourth-order valence-electron chi connectivity index (χ4n) is 5.46. The summed E-state index contributed by atoms with van der Waals surface area (Å²) in [6.07, 6.45) is 6.60. The van der Waals surface area contributed by atoms with Crippen molar-refractivity contribution >= 4 is 45.6 Å². The number of allylic oxidation sites excluding steroid dienone is 3. The number of fused-ring (bicyclic) bond motifs is 2. The van der Waals surface area contributed by atoms with E-state index in [0.717, 1.165) is 23.5 Å². The maximum absolute atomic E-state index is 4.92. The molecule has 174 valence electrons. The van der Waals surface area contributed by atoms with Gasteiger partial charge in [-0.25, -0.2) is 4.98 Å². The highest BCUT2D eigenvalue weighted by Crippen LogP contribution is 2.42. The molecule has 6 rings (SSSR count). The van der Waals surface area contributed by atoms with E-state index in [-0.39, 0.29) is 0 Å². The molecule has 3 heterocycles. The number of aromatic amines is 1.